The van der Waals surface area contributed by atoms with E-state index < -0.39 is 5.97 Å². The Hall–Kier alpha value is -3.23. The fourth-order valence-electron chi connectivity index (χ4n) is 3.45. The lowest BCUT2D eigenvalue weighted by atomic mass is 10.1. The molecule has 4 heterocycles. The van der Waals surface area contributed by atoms with Crippen molar-refractivity contribution in [1.82, 2.24) is 19.9 Å². The second-order valence-electron chi connectivity index (χ2n) is 6.55. The summed E-state index contributed by atoms with van der Waals surface area (Å²) in [5, 5.41) is 0.617. The average molecular weight is 382 g/mol. The zero-order valence-electron chi connectivity index (χ0n) is 16.2. The molecule has 0 aliphatic carbocycles. The lowest BCUT2D eigenvalue weighted by molar-refractivity contribution is 0.0526. The second kappa shape index (κ2) is 7.41. The standard InChI is InChI=1S/C19H22N6O3/c1-4-27-18(26)14-12(2)28-17-15(14)16(22-13(3)23-17)24-8-10-25(11-9-24)19-20-6-5-7-21-19/h5-7H,4,8-11H2,1-3H3. The molecule has 1 fully saturated rings. The van der Waals surface area contributed by atoms with Gasteiger partial charge >= 0.3 is 5.97 Å². The van der Waals surface area contributed by atoms with E-state index in [9.17, 15) is 4.79 Å². The van der Waals surface area contributed by atoms with Crippen LogP contribution < -0.4 is 9.80 Å². The highest BCUT2D eigenvalue weighted by Gasteiger charge is 2.28. The number of hydrogen-bond acceptors (Lipinski definition) is 9. The van der Waals surface area contributed by atoms with Crippen molar-refractivity contribution in [2.45, 2.75) is 20.8 Å². The van der Waals surface area contributed by atoms with Crippen LogP contribution in [-0.2, 0) is 4.74 Å². The molecule has 0 unspecified atom stereocenters. The molecule has 0 N–H and O–H groups in total. The molecule has 1 aliphatic rings. The van der Waals surface area contributed by atoms with Crippen molar-refractivity contribution in [3.63, 3.8) is 0 Å². The molecule has 9 heteroatoms. The lowest BCUT2D eigenvalue weighted by Crippen LogP contribution is -2.47. The van der Waals surface area contributed by atoms with Gasteiger partial charge in [-0.1, -0.05) is 0 Å². The molecule has 28 heavy (non-hydrogen) atoms. The first kappa shape index (κ1) is 18.1. The van der Waals surface area contributed by atoms with Crippen LogP contribution in [0.4, 0.5) is 11.8 Å². The highest BCUT2D eigenvalue weighted by molar-refractivity contribution is 6.08. The number of hydrogen-bond donors (Lipinski definition) is 0. The van der Waals surface area contributed by atoms with Crippen LogP contribution in [0.5, 0.6) is 0 Å². The second-order valence-corrected chi connectivity index (χ2v) is 6.55. The number of carbonyl (C=O) groups is 1. The number of aryl methyl sites for hydroxylation is 2. The maximum Gasteiger partial charge on any atom is 0.342 e. The smallest absolute Gasteiger partial charge is 0.342 e. The van der Waals surface area contributed by atoms with E-state index in [1.807, 2.05) is 6.92 Å². The van der Waals surface area contributed by atoms with Gasteiger partial charge in [0.05, 0.1) is 12.0 Å². The van der Waals surface area contributed by atoms with Crippen molar-refractivity contribution in [3.05, 3.63) is 35.6 Å². The van der Waals surface area contributed by atoms with Crippen LogP contribution in [0.1, 0.15) is 28.9 Å². The van der Waals surface area contributed by atoms with Gasteiger partial charge in [0.1, 0.15) is 23.0 Å². The fourth-order valence-corrected chi connectivity index (χ4v) is 3.45. The molecule has 0 bridgehead atoms. The molecular formula is C19H22N6O3. The normalized spacial score (nSPS) is 14.5. The van der Waals surface area contributed by atoms with Crippen LogP contribution >= 0.6 is 0 Å². The molecule has 0 spiro atoms. The molecule has 3 aromatic rings. The predicted molar refractivity (Wildman–Crippen MR) is 104 cm³/mol. The summed E-state index contributed by atoms with van der Waals surface area (Å²) in [7, 11) is 0. The summed E-state index contributed by atoms with van der Waals surface area (Å²) in [6.45, 7) is 8.58. The fraction of sp³-hybridized carbons (Fsp3) is 0.421. The molecule has 0 atom stereocenters. The van der Waals surface area contributed by atoms with Crippen LogP contribution in [0.2, 0.25) is 0 Å². The highest BCUT2D eigenvalue weighted by atomic mass is 16.5. The van der Waals surface area contributed by atoms with E-state index in [2.05, 4.69) is 29.7 Å². The Labute approximate surface area is 162 Å². The quantitative estimate of drug-likeness (QED) is 0.628. The van der Waals surface area contributed by atoms with Crippen LogP contribution in [-0.4, -0.2) is 58.7 Å². The molecule has 0 radical (unpaired) electrons. The minimum absolute atomic E-state index is 0.294. The van der Waals surface area contributed by atoms with Gasteiger partial charge < -0.3 is 19.0 Å². The summed E-state index contributed by atoms with van der Waals surface area (Å²) in [5.74, 6) is 2.10. The van der Waals surface area contributed by atoms with Crippen LogP contribution in [0.3, 0.4) is 0 Å². The van der Waals surface area contributed by atoms with Crippen molar-refractivity contribution < 1.29 is 13.9 Å². The number of esters is 1. The molecule has 4 rings (SSSR count). The van der Waals surface area contributed by atoms with Crippen molar-refractivity contribution in [1.29, 1.82) is 0 Å². The number of piperazine rings is 1. The Morgan fingerprint density at radius 3 is 2.46 bits per heavy atom. The maximum absolute atomic E-state index is 12.5. The number of rotatable bonds is 4. The number of furan rings is 1. The number of aromatic nitrogens is 4. The van der Waals surface area contributed by atoms with E-state index in [0.29, 0.717) is 40.7 Å². The number of anilines is 2. The van der Waals surface area contributed by atoms with Gasteiger partial charge in [0, 0.05) is 38.6 Å². The molecular weight excluding hydrogens is 360 g/mol. The molecule has 0 aromatic carbocycles. The summed E-state index contributed by atoms with van der Waals surface area (Å²) in [5.41, 5.74) is 0.817. The molecule has 0 amide bonds. The Bertz CT molecular complexity index is 996. The Kier molecular flexibility index (Phi) is 4.81. The first-order chi connectivity index (χ1) is 13.6. The minimum Gasteiger partial charge on any atom is -0.462 e. The van der Waals surface area contributed by atoms with E-state index in [-0.39, 0.29) is 0 Å². The highest BCUT2D eigenvalue weighted by Crippen LogP contribution is 2.33. The Balaban J connectivity index is 1.68. The Morgan fingerprint density at radius 1 is 1.11 bits per heavy atom. The van der Waals surface area contributed by atoms with E-state index >= 15 is 0 Å². The van der Waals surface area contributed by atoms with Crippen molar-refractivity contribution in [2.24, 2.45) is 0 Å². The number of ether oxygens (including phenoxy) is 1. The van der Waals surface area contributed by atoms with Crippen molar-refractivity contribution in [3.8, 4) is 0 Å². The third kappa shape index (κ3) is 3.23. The van der Waals surface area contributed by atoms with Gasteiger partial charge in [0.25, 0.3) is 0 Å². The first-order valence-corrected chi connectivity index (χ1v) is 9.30. The van der Waals surface area contributed by atoms with Crippen molar-refractivity contribution in [2.75, 3.05) is 42.6 Å². The summed E-state index contributed by atoms with van der Waals surface area (Å²) >= 11 is 0. The van der Waals surface area contributed by atoms with Gasteiger partial charge in [-0.25, -0.2) is 19.7 Å². The number of fused-ring (bicyclic) bond motifs is 1. The van der Waals surface area contributed by atoms with Gasteiger partial charge in [-0.3, -0.25) is 0 Å². The van der Waals surface area contributed by atoms with E-state index in [1.165, 1.54) is 0 Å². The summed E-state index contributed by atoms with van der Waals surface area (Å²) < 4.78 is 11.0. The molecule has 146 valence electrons. The minimum atomic E-state index is -0.413. The van der Waals surface area contributed by atoms with E-state index in [4.69, 9.17) is 9.15 Å². The average Bonchev–Trinajstić information content (AvgIpc) is 3.04. The number of carbonyl (C=O) groups excluding carboxylic acids is 1. The molecule has 1 aliphatic heterocycles. The zero-order valence-corrected chi connectivity index (χ0v) is 16.2. The SMILES string of the molecule is CCOC(=O)c1c(C)oc2nc(C)nc(N3CCN(c4ncccn4)CC3)c12. The summed E-state index contributed by atoms with van der Waals surface area (Å²) in [4.78, 5) is 34.4. The molecule has 1 saturated heterocycles. The van der Waals surface area contributed by atoms with Crippen molar-refractivity contribution >= 4 is 28.8 Å². The van der Waals surface area contributed by atoms with Crippen LogP contribution in [0.15, 0.2) is 22.9 Å². The predicted octanol–water partition coefficient (Wildman–Crippen LogP) is 2.13. The monoisotopic (exact) mass is 382 g/mol. The first-order valence-electron chi connectivity index (χ1n) is 9.30. The summed E-state index contributed by atoms with van der Waals surface area (Å²) in [6, 6.07) is 1.80. The van der Waals surface area contributed by atoms with Gasteiger partial charge in [-0.15, -0.1) is 0 Å². The van der Waals surface area contributed by atoms with Gasteiger partial charge in [-0.05, 0) is 26.8 Å². The third-order valence-corrected chi connectivity index (χ3v) is 4.71. The maximum atomic E-state index is 12.5. The molecule has 3 aromatic heterocycles. The largest absolute Gasteiger partial charge is 0.462 e. The third-order valence-electron chi connectivity index (χ3n) is 4.71. The summed E-state index contributed by atoms with van der Waals surface area (Å²) in [6.07, 6.45) is 3.48. The number of nitrogens with zero attached hydrogens (tertiary/aromatic N) is 6. The van der Waals surface area contributed by atoms with E-state index in [1.54, 1.807) is 32.3 Å². The topological polar surface area (TPSA) is 97.5 Å². The van der Waals surface area contributed by atoms with E-state index in [0.717, 1.165) is 32.1 Å². The zero-order chi connectivity index (χ0) is 19.7. The van der Waals surface area contributed by atoms with Crippen LogP contribution in [0, 0.1) is 13.8 Å². The molecule has 9 nitrogen and oxygen atoms in total. The lowest BCUT2D eigenvalue weighted by Gasteiger charge is -2.35. The Morgan fingerprint density at radius 2 is 1.79 bits per heavy atom. The molecule has 0 saturated carbocycles. The van der Waals surface area contributed by atoms with Gasteiger partial charge in [0.15, 0.2) is 0 Å². The van der Waals surface area contributed by atoms with Crippen LogP contribution in [0.25, 0.3) is 11.1 Å². The van der Waals surface area contributed by atoms with Gasteiger partial charge in [0.2, 0.25) is 11.7 Å². The van der Waals surface area contributed by atoms with Gasteiger partial charge in [-0.2, -0.15) is 4.98 Å².